The van der Waals surface area contributed by atoms with Crippen molar-refractivity contribution in [1.29, 1.82) is 0 Å². The van der Waals surface area contributed by atoms with Crippen LogP contribution in [0.3, 0.4) is 0 Å². The van der Waals surface area contributed by atoms with Gasteiger partial charge in [0.05, 0.1) is 11.9 Å². The SMILES string of the molecule is CC(C)(C)C(=O)Nc1ccc(C(=O)COC(=O)CCc2ccc3ccccc3n2)cc1. The van der Waals surface area contributed by atoms with Gasteiger partial charge in [-0.15, -0.1) is 0 Å². The van der Waals surface area contributed by atoms with E-state index >= 15 is 0 Å². The van der Waals surface area contributed by atoms with Crippen molar-refractivity contribution in [1.82, 2.24) is 4.98 Å². The van der Waals surface area contributed by atoms with Gasteiger partial charge in [0.15, 0.2) is 12.4 Å². The molecular weight excluding hydrogens is 392 g/mol. The van der Waals surface area contributed by atoms with Crippen LogP contribution in [0.4, 0.5) is 5.69 Å². The molecule has 2 aromatic carbocycles. The van der Waals surface area contributed by atoms with Gasteiger partial charge in [0, 0.05) is 34.2 Å². The molecule has 1 heterocycles. The maximum absolute atomic E-state index is 12.3. The molecule has 0 saturated carbocycles. The van der Waals surface area contributed by atoms with E-state index in [0.29, 0.717) is 17.7 Å². The number of benzene rings is 2. The number of carbonyl (C=O) groups is 3. The molecule has 0 unspecified atom stereocenters. The van der Waals surface area contributed by atoms with Crippen LogP contribution in [0.1, 0.15) is 43.2 Å². The molecule has 1 aromatic heterocycles. The van der Waals surface area contributed by atoms with Crippen LogP contribution in [-0.2, 0) is 20.7 Å². The number of aromatic nitrogens is 1. The predicted molar refractivity (Wildman–Crippen MR) is 120 cm³/mol. The van der Waals surface area contributed by atoms with E-state index in [0.717, 1.165) is 16.6 Å². The lowest BCUT2D eigenvalue weighted by Gasteiger charge is -2.17. The maximum Gasteiger partial charge on any atom is 0.306 e. The number of pyridine rings is 1. The summed E-state index contributed by atoms with van der Waals surface area (Å²) in [4.78, 5) is 40.9. The van der Waals surface area contributed by atoms with E-state index in [-0.39, 0.29) is 24.7 Å². The van der Waals surface area contributed by atoms with Gasteiger partial charge in [-0.3, -0.25) is 19.4 Å². The van der Waals surface area contributed by atoms with Gasteiger partial charge in [-0.2, -0.15) is 0 Å². The second-order valence-corrected chi connectivity index (χ2v) is 8.36. The summed E-state index contributed by atoms with van der Waals surface area (Å²) in [6, 6.07) is 18.2. The molecule has 3 rings (SSSR count). The van der Waals surface area contributed by atoms with Gasteiger partial charge in [-0.1, -0.05) is 45.0 Å². The molecular formula is C25H26N2O4. The maximum atomic E-state index is 12.3. The van der Waals surface area contributed by atoms with Crippen LogP contribution in [-0.4, -0.2) is 29.3 Å². The molecule has 6 heteroatoms. The van der Waals surface area contributed by atoms with Crippen molar-refractivity contribution in [3.05, 3.63) is 71.9 Å². The van der Waals surface area contributed by atoms with Gasteiger partial charge < -0.3 is 10.1 Å². The zero-order valence-electron chi connectivity index (χ0n) is 18.0. The summed E-state index contributed by atoms with van der Waals surface area (Å²) in [5, 5.41) is 3.84. The smallest absolute Gasteiger partial charge is 0.306 e. The van der Waals surface area contributed by atoms with E-state index in [9.17, 15) is 14.4 Å². The Labute approximate surface area is 181 Å². The van der Waals surface area contributed by atoms with E-state index in [1.165, 1.54) is 0 Å². The zero-order valence-corrected chi connectivity index (χ0v) is 18.0. The highest BCUT2D eigenvalue weighted by Crippen LogP contribution is 2.18. The van der Waals surface area contributed by atoms with Crippen molar-refractivity contribution in [2.75, 3.05) is 11.9 Å². The highest BCUT2D eigenvalue weighted by Gasteiger charge is 2.21. The Kier molecular flexibility index (Phi) is 6.80. The van der Waals surface area contributed by atoms with Gasteiger partial charge in [-0.05, 0) is 36.4 Å². The molecule has 0 radical (unpaired) electrons. The number of para-hydroxylation sites is 1. The fourth-order valence-electron chi connectivity index (χ4n) is 2.84. The molecule has 3 aromatic rings. The normalized spacial score (nSPS) is 11.2. The first-order valence-corrected chi connectivity index (χ1v) is 10.2. The largest absolute Gasteiger partial charge is 0.457 e. The molecule has 0 saturated heterocycles. The van der Waals surface area contributed by atoms with Crippen molar-refractivity contribution in [3.63, 3.8) is 0 Å². The van der Waals surface area contributed by atoms with Crippen LogP contribution in [0.5, 0.6) is 0 Å². The molecule has 1 N–H and O–H groups in total. The van der Waals surface area contributed by atoms with E-state index in [2.05, 4.69) is 10.3 Å². The highest BCUT2D eigenvalue weighted by molar-refractivity contribution is 5.99. The topological polar surface area (TPSA) is 85.4 Å². The summed E-state index contributed by atoms with van der Waals surface area (Å²) in [6.07, 6.45) is 0.594. The standard InChI is InChI=1S/C25H26N2O4/c1-25(2,3)24(30)27-20-12-9-18(10-13-20)22(28)16-31-23(29)15-14-19-11-8-17-6-4-5-7-21(17)26-19/h4-13H,14-16H2,1-3H3,(H,27,30). The van der Waals surface area contributed by atoms with Crippen molar-refractivity contribution in [2.45, 2.75) is 33.6 Å². The summed E-state index contributed by atoms with van der Waals surface area (Å²) in [5.74, 6) is -0.857. The minimum Gasteiger partial charge on any atom is -0.457 e. The molecule has 0 spiro atoms. The van der Waals surface area contributed by atoms with Gasteiger partial charge in [0.25, 0.3) is 0 Å². The monoisotopic (exact) mass is 418 g/mol. The summed E-state index contributed by atoms with van der Waals surface area (Å²) in [5.41, 5.74) is 2.19. The van der Waals surface area contributed by atoms with Crippen molar-refractivity contribution in [3.8, 4) is 0 Å². The second-order valence-electron chi connectivity index (χ2n) is 8.36. The first-order chi connectivity index (χ1) is 14.7. The zero-order chi connectivity index (χ0) is 22.4. The number of aryl methyl sites for hydroxylation is 1. The number of hydrogen-bond donors (Lipinski definition) is 1. The molecule has 160 valence electrons. The molecule has 1 amide bonds. The molecule has 0 aliphatic heterocycles. The Morgan fingerprint density at radius 2 is 1.65 bits per heavy atom. The fourth-order valence-corrected chi connectivity index (χ4v) is 2.84. The number of nitrogens with zero attached hydrogens (tertiary/aromatic N) is 1. The minimum atomic E-state index is -0.509. The number of ketones is 1. The third-order valence-electron chi connectivity index (χ3n) is 4.75. The number of fused-ring (bicyclic) bond motifs is 1. The molecule has 0 bridgehead atoms. The lowest BCUT2D eigenvalue weighted by atomic mass is 9.95. The number of anilines is 1. The van der Waals surface area contributed by atoms with Crippen LogP contribution in [0, 0.1) is 5.41 Å². The van der Waals surface area contributed by atoms with Crippen LogP contribution in [0.25, 0.3) is 10.9 Å². The van der Waals surface area contributed by atoms with Gasteiger partial charge in [-0.25, -0.2) is 0 Å². The van der Waals surface area contributed by atoms with E-state index in [1.54, 1.807) is 24.3 Å². The molecule has 0 atom stereocenters. The average molecular weight is 418 g/mol. The summed E-state index contributed by atoms with van der Waals surface area (Å²) >= 11 is 0. The molecule has 31 heavy (non-hydrogen) atoms. The number of rotatable bonds is 7. The Morgan fingerprint density at radius 1 is 0.935 bits per heavy atom. The number of ether oxygens (including phenoxy) is 1. The van der Waals surface area contributed by atoms with Crippen LogP contribution < -0.4 is 5.32 Å². The third-order valence-corrected chi connectivity index (χ3v) is 4.75. The Balaban J connectivity index is 1.47. The van der Waals surface area contributed by atoms with E-state index < -0.39 is 11.4 Å². The minimum absolute atomic E-state index is 0.110. The van der Waals surface area contributed by atoms with Crippen LogP contribution >= 0.6 is 0 Å². The second kappa shape index (κ2) is 9.51. The lowest BCUT2D eigenvalue weighted by molar-refractivity contribution is -0.142. The average Bonchev–Trinajstić information content (AvgIpc) is 2.75. The Bertz CT molecular complexity index is 1100. The van der Waals surface area contributed by atoms with E-state index in [4.69, 9.17) is 4.74 Å². The van der Waals surface area contributed by atoms with Gasteiger partial charge >= 0.3 is 5.97 Å². The summed E-state index contributed by atoms with van der Waals surface area (Å²) in [6.45, 7) is 5.15. The highest BCUT2D eigenvalue weighted by atomic mass is 16.5. The van der Waals surface area contributed by atoms with Crippen LogP contribution in [0.15, 0.2) is 60.7 Å². The number of nitrogens with one attached hydrogen (secondary N) is 1. The molecule has 0 fully saturated rings. The van der Waals surface area contributed by atoms with Crippen LogP contribution in [0.2, 0.25) is 0 Å². The van der Waals surface area contributed by atoms with Crippen molar-refractivity contribution >= 4 is 34.3 Å². The van der Waals surface area contributed by atoms with Gasteiger partial charge in [0.2, 0.25) is 5.91 Å². The van der Waals surface area contributed by atoms with Crippen molar-refractivity contribution < 1.29 is 19.1 Å². The Morgan fingerprint density at radius 3 is 2.35 bits per heavy atom. The number of Topliss-reactive ketones (excluding diaryl/α,β-unsaturated/α-hetero) is 1. The predicted octanol–water partition coefficient (Wildman–Crippen LogP) is 4.58. The Hall–Kier alpha value is -3.54. The third kappa shape index (κ3) is 6.22. The van der Waals surface area contributed by atoms with Crippen molar-refractivity contribution in [2.24, 2.45) is 5.41 Å². The number of esters is 1. The summed E-state index contributed by atoms with van der Waals surface area (Å²) < 4.78 is 5.12. The molecule has 6 nitrogen and oxygen atoms in total. The van der Waals surface area contributed by atoms with Gasteiger partial charge in [0.1, 0.15) is 0 Å². The fraction of sp³-hybridized carbons (Fsp3) is 0.280. The quantitative estimate of drug-likeness (QED) is 0.448. The summed E-state index contributed by atoms with van der Waals surface area (Å²) in [7, 11) is 0. The molecule has 0 aliphatic rings. The lowest BCUT2D eigenvalue weighted by Crippen LogP contribution is -2.27. The first kappa shape index (κ1) is 22.2. The molecule has 0 aliphatic carbocycles. The number of carbonyl (C=O) groups excluding carboxylic acids is 3. The first-order valence-electron chi connectivity index (χ1n) is 10.2. The van der Waals surface area contributed by atoms with E-state index in [1.807, 2.05) is 57.2 Å². The number of amides is 1. The number of hydrogen-bond acceptors (Lipinski definition) is 5.